The van der Waals surface area contributed by atoms with Gasteiger partial charge in [-0.25, -0.2) is 0 Å². The summed E-state index contributed by atoms with van der Waals surface area (Å²) in [6, 6.07) is 2.24. The minimum Gasteiger partial charge on any atom is -0.399 e. The lowest BCUT2D eigenvalue weighted by molar-refractivity contribution is -0.137. The highest BCUT2D eigenvalue weighted by Crippen LogP contribution is 2.43. The number of alkyl halides is 3. The Kier molecular flexibility index (Phi) is 3.60. The Hall–Kier alpha value is -1.86. The number of rotatable bonds is 1. The highest BCUT2D eigenvalue weighted by molar-refractivity contribution is 6.64. The maximum absolute atomic E-state index is 13.4. The first-order valence-electron chi connectivity index (χ1n) is 8.55. The number of nitrogens with zero attached hydrogens (tertiary/aromatic N) is 1. The van der Waals surface area contributed by atoms with Crippen LogP contribution in [0.25, 0.3) is 5.57 Å². The molecular weight excluding hydrogens is 342 g/mol. The van der Waals surface area contributed by atoms with Crippen LogP contribution in [0.2, 0.25) is 0 Å². The van der Waals surface area contributed by atoms with Crippen molar-refractivity contribution in [3.05, 3.63) is 41.5 Å². The molecule has 1 aliphatic carbocycles. The van der Waals surface area contributed by atoms with Crippen molar-refractivity contribution in [1.82, 2.24) is 0 Å². The fourth-order valence-electron chi connectivity index (χ4n) is 3.38. The molecule has 1 aromatic rings. The number of aliphatic imine (C=N–C) groups is 1. The Morgan fingerprint density at radius 2 is 1.73 bits per heavy atom. The van der Waals surface area contributed by atoms with E-state index in [1.54, 1.807) is 0 Å². The molecule has 0 saturated carbocycles. The van der Waals surface area contributed by atoms with E-state index in [1.165, 1.54) is 0 Å². The van der Waals surface area contributed by atoms with Crippen LogP contribution < -0.4 is 5.46 Å². The van der Waals surface area contributed by atoms with Gasteiger partial charge in [-0.3, -0.25) is 4.99 Å². The van der Waals surface area contributed by atoms with Crippen LogP contribution in [-0.2, 0) is 15.5 Å². The fraction of sp³-hybridized carbons (Fsp3) is 0.421. The van der Waals surface area contributed by atoms with Crippen molar-refractivity contribution in [2.45, 2.75) is 51.5 Å². The number of allylic oxidation sites excluding steroid dienone is 4. The molecule has 7 heteroatoms. The molecule has 0 aromatic heterocycles. The summed E-state index contributed by atoms with van der Waals surface area (Å²) in [5, 5.41) is 0. The van der Waals surface area contributed by atoms with Crippen LogP contribution in [0.15, 0.2) is 35.4 Å². The van der Waals surface area contributed by atoms with Gasteiger partial charge in [-0.05, 0) is 45.3 Å². The third-order valence-corrected chi connectivity index (χ3v) is 5.53. The van der Waals surface area contributed by atoms with E-state index in [2.05, 4.69) is 4.99 Å². The first-order chi connectivity index (χ1) is 12.0. The van der Waals surface area contributed by atoms with Gasteiger partial charge in [0, 0.05) is 17.6 Å². The van der Waals surface area contributed by atoms with Gasteiger partial charge in [0.05, 0.1) is 28.2 Å². The van der Waals surface area contributed by atoms with Gasteiger partial charge in [-0.2, -0.15) is 13.2 Å². The number of halogens is 3. The zero-order chi connectivity index (χ0) is 18.9. The smallest absolute Gasteiger partial charge is 0.399 e. The third-order valence-electron chi connectivity index (χ3n) is 5.53. The second kappa shape index (κ2) is 5.33. The number of hydrogen-bond donors (Lipinski definition) is 0. The SMILES string of the molecule is CC1(C)OB(c2cc(C(F)(F)F)cc3c2C2=CC=CCC2=N3)OC1(C)C. The highest BCUT2D eigenvalue weighted by atomic mass is 19.4. The number of benzene rings is 1. The summed E-state index contributed by atoms with van der Waals surface area (Å²) in [4.78, 5) is 4.44. The Morgan fingerprint density at radius 3 is 2.35 bits per heavy atom. The van der Waals surface area contributed by atoms with E-state index in [0.717, 1.165) is 23.4 Å². The van der Waals surface area contributed by atoms with Gasteiger partial charge < -0.3 is 9.31 Å². The van der Waals surface area contributed by atoms with Gasteiger partial charge in [-0.1, -0.05) is 18.2 Å². The van der Waals surface area contributed by atoms with Crippen molar-refractivity contribution in [2.24, 2.45) is 4.99 Å². The summed E-state index contributed by atoms with van der Waals surface area (Å²) >= 11 is 0. The summed E-state index contributed by atoms with van der Waals surface area (Å²) in [5.41, 5.74) is 1.00. The van der Waals surface area contributed by atoms with E-state index in [-0.39, 0.29) is 0 Å². The molecule has 2 heterocycles. The van der Waals surface area contributed by atoms with E-state index in [9.17, 15) is 13.2 Å². The largest absolute Gasteiger partial charge is 0.495 e. The predicted molar refractivity (Wildman–Crippen MR) is 96.0 cm³/mol. The molecule has 2 aliphatic heterocycles. The average molecular weight is 361 g/mol. The van der Waals surface area contributed by atoms with Gasteiger partial charge in [0.15, 0.2) is 0 Å². The Balaban J connectivity index is 1.89. The first kappa shape index (κ1) is 17.6. The van der Waals surface area contributed by atoms with Crippen LogP contribution in [0.3, 0.4) is 0 Å². The number of fused-ring (bicyclic) bond motifs is 3. The van der Waals surface area contributed by atoms with Crippen molar-refractivity contribution < 1.29 is 22.5 Å². The summed E-state index contributed by atoms with van der Waals surface area (Å²) in [6.07, 6.45) is 1.86. The third kappa shape index (κ3) is 2.56. The van der Waals surface area contributed by atoms with Crippen molar-refractivity contribution in [3.8, 4) is 0 Å². The summed E-state index contributed by atoms with van der Waals surface area (Å²) in [5.74, 6) is 0. The molecule has 0 unspecified atom stereocenters. The molecule has 3 aliphatic rings. The minimum absolute atomic E-state index is 0.328. The highest BCUT2D eigenvalue weighted by Gasteiger charge is 2.53. The van der Waals surface area contributed by atoms with Crippen LogP contribution in [0, 0.1) is 0 Å². The van der Waals surface area contributed by atoms with Crippen molar-refractivity contribution >= 4 is 29.6 Å². The lowest BCUT2D eigenvalue weighted by atomic mass is 9.72. The normalized spacial score (nSPS) is 22.8. The van der Waals surface area contributed by atoms with Gasteiger partial charge in [0.25, 0.3) is 0 Å². The van der Waals surface area contributed by atoms with Crippen LogP contribution >= 0.6 is 0 Å². The Morgan fingerprint density at radius 1 is 1.08 bits per heavy atom. The second-order valence-corrected chi connectivity index (χ2v) is 7.82. The molecule has 0 spiro atoms. The standard InChI is InChI=1S/C19H19BF3NO2/c1-17(2)18(3,4)26-20(25-17)13-9-11(19(21,22)23)10-15-16(13)12-7-5-6-8-14(12)24-15/h5-7,9-10H,8H2,1-4H3. The maximum Gasteiger partial charge on any atom is 0.495 e. The zero-order valence-electron chi connectivity index (χ0n) is 15.1. The minimum atomic E-state index is -4.46. The van der Waals surface area contributed by atoms with Gasteiger partial charge in [0.2, 0.25) is 0 Å². The van der Waals surface area contributed by atoms with E-state index in [1.807, 2.05) is 45.9 Å². The van der Waals surface area contributed by atoms with Gasteiger partial charge >= 0.3 is 13.3 Å². The molecular formula is C19H19BF3NO2. The molecule has 1 fully saturated rings. The van der Waals surface area contributed by atoms with Crippen molar-refractivity contribution in [1.29, 1.82) is 0 Å². The second-order valence-electron chi connectivity index (χ2n) is 7.82. The van der Waals surface area contributed by atoms with Gasteiger partial charge in [-0.15, -0.1) is 0 Å². The van der Waals surface area contributed by atoms with Crippen LogP contribution in [0.5, 0.6) is 0 Å². The molecule has 0 radical (unpaired) electrons. The Bertz CT molecular complexity index is 866. The summed E-state index contributed by atoms with van der Waals surface area (Å²) in [6.45, 7) is 7.52. The number of hydrogen-bond acceptors (Lipinski definition) is 3. The Labute approximate surface area is 150 Å². The average Bonchev–Trinajstić information content (AvgIpc) is 2.99. The quantitative estimate of drug-likeness (QED) is 0.693. The van der Waals surface area contributed by atoms with E-state index < -0.39 is 30.1 Å². The monoisotopic (exact) mass is 361 g/mol. The lowest BCUT2D eigenvalue weighted by Gasteiger charge is -2.32. The first-order valence-corrected chi connectivity index (χ1v) is 8.55. The molecule has 1 saturated heterocycles. The van der Waals surface area contributed by atoms with E-state index >= 15 is 0 Å². The van der Waals surface area contributed by atoms with Crippen molar-refractivity contribution in [2.75, 3.05) is 0 Å². The van der Waals surface area contributed by atoms with Crippen LogP contribution in [-0.4, -0.2) is 24.0 Å². The summed E-state index contributed by atoms with van der Waals surface area (Å²) in [7, 11) is -0.877. The molecule has 3 nitrogen and oxygen atoms in total. The van der Waals surface area contributed by atoms with Crippen LogP contribution in [0.1, 0.15) is 45.2 Å². The topological polar surface area (TPSA) is 30.8 Å². The van der Waals surface area contributed by atoms with Crippen LogP contribution in [0.4, 0.5) is 18.9 Å². The molecule has 0 bridgehead atoms. The van der Waals surface area contributed by atoms with E-state index in [0.29, 0.717) is 23.1 Å². The molecule has 0 N–H and O–H groups in total. The zero-order valence-corrected chi connectivity index (χ0v) is 15.1. The fourth-order valence-corrected chi connectivity index (χ4v) is 3.38. The molecule has 0 amide bonds. The molecule has 4 rings (SSSR count). The van der Waals surface area contributed by atoms with Gasteiger partial charge in [0.1, 0.15) is 0 Å². The molecule has 0 atom stereocenters. The lowest BCUT2D eigenvalue weighted by Crippen LogP contribution is -2.41. The molecule has 136 valence electrons. The molecule has 26 heavy (non-hydrogen) atoms. The van der Waals surface area contributed by atoms with E-state index in [4.69, 9.17) is 9.31 Å². The molecule has 1 aromatic carbocycles. The summed E-state index contributed by atoms with van der Waals surface area (Å²) < 4.78 is 52.4. The predicted octanol–water partition coefficient (Wildman–Crippen LogP) is 4.43. The van der Waals surface area contributed by atoms with Crippen molar-refractivity contribution in [3.63, 3.8) is 0 Å². The maximum atomic E-state index is 13.4.